The summed E-state index contributed by atoms with van der Waals surface area (Å²) in [6.45, 7) is 4.24. The van der Waals surface area contributed by atoms with Crippen molar-refractivity contribution in [3.8, 4) is 0 Å². The lowest BCUT2D eigenvalue weighted by Gasteiger charge is -2.25. The number of urea groups is 1. The molecule has 1 aliphatic carbocycles. The van der Waals surface area contributed by atoms with Crippen molar-refractivity contribution in [3.63, 3.8) is 0 Å². The van der Waals surface area contributed by atoms with Gasteiger partial charge in [-0.25, -0.2) is 4.79 Å². The van der Waals surface area contributed by atoms with Crippen molar-refractivity contribution in [2.75, 3.05) is 13.6 Å². The van der Waals surface area contributed by atoms with Crippen molar-refractivity contribution in [2.24, 2.45) is 5.92 Å². The normalized spacial score (nSPS) is 23.0. The van der Waals surface area contributed by atoms with E-state index in [-0.39, 0.29) is 24.1 Å². The molecular weight excluding hydrogens is 272 g/mol. The third-order valence-electron chi connectivity index (χ3n) is 4.03. The van der Waals surface area contributed by atoms with E-state index in [1.54, 1.807) is 18.9 Å². The first-order valence-corrected chi connectivity index (χ1v) is 7.51. The van der Waals surface area contributed by atoms with Gasteiger partial charge in [0.1, 0.15) is 0 Å². The Hall–Kier alpha value is -1.63. The number of nitrogens with zero attached hydrogens (tertiary/aromatic N) is 3. The number of aliphatic hydroxyl groups is 1. The van der Waals surface area contributed by atoms with Crippen LogP contribution in [0.3, 0.4) is 0 Å². The minimum Gasteiger partial charge on any atom is -0.393 e. The molecule has 0 aliphatic heterocycles. The third kappa shape index (κ3) is 3.93. The molecule has 21 heavy (non-hydrogen) atoms. The van der Waals surface area contributed by atoms with Crippen molar-refractivity contribution in [2.45, 2.75) is 51.7 Å². The fourth-order valence-electron chi connectivity index (χ4n) is 2.73. The molecular formula is C14H24N4O3. The first kappa shape index (κ1) is 15.8. The monoisotopic (exact) mass is 296 g/mol. The molecule has 0 saturated heterocycles. The molecule has 1 aromatic heterocycles. The van der Waals surface area contributed by atoms with Gasteiger partial charge >= 0.3 is 6.03 Å². The Labute approximate surface area is 124 Å². The molecule has 1 aliphatic rings. The van der Waals surface area contributed by atoms with Gasteiger partial charge in [0.25, 0.3) is 0 Å². The molecule has 0 radical (unpaired) electrons. The Kier molecular flexibility index (Phi) is 5.17. The Morgan fingerprint density at radius 2 is 2.33 bits per heavy atom. The quantitative estimate of drug-likeness (QED) is 0.861. The summed E-state index contributed by atoms with van der Waals surface area (Å²) < 4.78 is 4.95. The predicted molar refractivity (Wildman–Crippen MR) is 76.6 cm³/mol. The Morgan fingerprint density at radius 1 is 1.57 bits per heavy atom. The predicted octanol–water partition coefficient (Wildman–Crippen LogP) is 1.63. The molecule has 0 spiro atoms. The average molecular weight is 296 g/mol. The highest BCUT2D eigenvalue weighted by molar-refractivity contribution is 5.74. The highest BCUT2D eigenvalue weighted by atomic mass is 16.5. The summed E-state index contributed by atoms with van der Waals surface area (Å²) in [7, 11) is 1.74. The van der Waals surface area contributed by atoms with Crippen LogP contribution in [0.4, 0.5) is 4.79 Å². The number of hydrogen-bond acceptors (Lipinski definition) is 5. The van der Waals surface area contributed by atoms with Crippen molar-refractivity contribution in [1.82, 2.24) is 20.4 Å². The Morgan fingerprint density at radius 3 is 2.86 bits per heavy atom. The average Bonchev–Trinajstić information content (AvgIpc) is 3.05. The van der Waals surface area contributed by atoms with Gasteiger partial charge in [0.2, 0.25) is 5.89 Å². The van der Waals surface area contributed by atoms with Crippen LogP contribution in [0.15, 0.2) is 4.52 Å². The van der Waals surface area contributed by atoms with E-state index in [0.717, 1.165) is 19.3 Å². The van der Waals surface area contributed by atoms with Gasteiger partial charge in [-0.2, -0.15) is 4.98 Å². The zero-order valence-corrected chi connectivity index (χ0v) is 12.9. The van der Waals surface area contributed by atoms with E-state index in [1.165, 1.54) is 0 Å². The smallest absolute Gasteiger partial charge is 0.317 e. The Balaban J connectivity index is 1.89. The number of rotatable bonds is 5. The van der Waals surface area contributed by atoms with E-state index in [1.807, 2.05) is 6.92 Å². The molecule has 1 saturated carbocycles. The molecule has 1 heterocycles. The molecule has 2 N–H and O–H groups in total. The summed E-state index contributed by atoms with van der Waals surface area (Å²) >= 11 is 0. The standard InChI is InChI=1S/C14H24N4O3/c1-4-11(13-15-9(2)21-17-13)16-14(20)18(3)8-10-6-5-7-12(10)19/h10-12,19H,4-8H2,1-3H3,(H,16,20). The van der Waals surface area contributed by atoms with Crippen LogP contribution in [0, 0.1) is 12.8 Å². The van der Waals surface area contributed by atoms with Crippen LogP contribution in [0.5, 0.6) is 0 Å². The summed E-state index contributed by atoms with van der Waals surface area (Å²) in [4.78, 5) is 18.0. The summed E-state index contributed by atoms with van der Waals surface area (Å²) in [5, 5.41) is 16.6. The number of carbonyl (C=O) groups excluding carboxylic acids is 1. The van der Waals surface area contributed by atoms with Crippen LogP contribution < -0.4 is 5.32 Å². The van der Waals surface area contributed by atoms with E-state index in [9.17, 15) is 9.90 Å². The topological polar surface area (TPSA) is 91.5 Å². The summed E-state index contributed by atoms with van der Waals surface area (Å²) in [5.74, 6) is 1.16. The van der Waals surface area contributed by atoms with E-state index in [4.69, 9.17) is 4.52 Å². The summed E-state index contributed by atoms with van der Waals surface area (Å²) in [5.41, 5.74) is 0. The van der Waals surface area contributed by atoms with E-state index >= 15 is 0 Å². The van der Waals surface area contributed by atoms with E-state index in [2.05, 4.69) is 15.5 Å². The molecule has 118 valence electrons. The van der Waals surface area contributed by atoms with Gasteiger partial charge in [-0.1, -0.05) is 18.5 Å². The van der Waals surface area contributed by atoms with Crippen LogP contribution in [0.25, 0.3) is 0 Å². The first-order chi connectivity index (χ1) is 10.0. The number of aromatic nitrogens is 2. The van der Waals surface area contributed by atoms with Crippen LogP contribution in [-0.2, 0) is 0 Å². The number of aryl methyl sites for hydroxylation is 1. The minimum atomic E-state index is -0.290. The van der Waals surface area contributed by atoms with Gasteiger partial charge in [0.05, 0.1) is 12.1 Å². The minimum absolute atomic E-state index is 0.174. The maximum Gasteiger partial charge on any atom is 0.317 e. The van der Waals surface area contributed by atoms with Crippen molar-refractivity contribution < 1.29 is 14.4 Å². The van der Waals surface area contributed by atoms with Crippen LogP contribution in [-0.4, -0.2) is 45.9 Å². The second-order valence-electron chi connectivity index (χ2n) is 5.72. The molecule has 1 fully saturated rings. The van der Waals surface area contributed by atoms with Gasteiger partial charge in [-0.05, 0) is 19.3 Å². The van der Waals surface area contributed by atoms with Gasteiger partial charge in [-0.3, -0.25) is 0 Å². The molecule has 0 aromatic carbocycles. The molecule has 2 amide bonds. The van der Waals surface area contributed by atoms with Gasteiger partial charge in [-0.15, -0.1) is 0 Å². The maximum atomic E-state index is 12.2. The second kappa shape index (κ2) is 6.89. The lowest BCUT2D eigenvalue weighted by Crippen LogP contribution is -2.42. The lowest BCUT2D eigenvalue weighted by atomic mass is 10.1. The van der Waals surface area contributed by atoms with Gasteiger partial charge < -0.3 is 19.8 Å². The maximum absolute atomic E-state index is 12.2. The van der Waals surface area contributed by atoms with E-state index < -0.39 is 0 Å². The van der Waals surface area contributed by atoms with Gasteiger partial charge in [0, 0.05) is 26.4 Å². The number of amides is 2. The number of hydrogen-bond donors (Lipinski definition) is 2. The molecule has 3 unspecified atom stereocenters. The summed E-state index contributed by atoms with van der Waals surface area (Å²) in [6.07, 6.45) is 3.23. The van der Waals surface area contributed by atoms with Crippen molar-refractivity contribution >= 4 is 6.03 Å². The molecule has 2 rings (SSSR count). The fraction of sp³-hybridized carbons (Fsp3) is 0.786. The van der Waals surface area contributed by atoms with E-state index in [0.29, 0.717) is 24.7 Å². The highest BCUT2D eigenvalue weighted by Crippen LogP contribution is 2.26. The fourth-order valence-corrected chi connectivity index (χ4v) is 2.73. The number of aliphatic hydroxyl groups excluding tert-OH is 1. The molecule has 7 nitrogen and oxygen atoms in total. The SMILES string of the molecule is CCC(NC(=O)N(C)CC1CCCC1O)c1noc(C)n1. The van der Waals surface area contributed by atoms with Crippen molar-refractivity contribution in [1.29, 1.82) is 0 Å². The van der Waals surface area contributed by atoms with Crippen molar-refractivity contribution in [3.05, 3.63) is 11.7 Å². The second-order valence-corrected chi connectivity index (χ2v) is 5.72. The molecule has 7 heteroatoms. The summed E-state index contributed by atoms with van der Waals surface area (Å²) in [6, 6.07) is -0.436. The third-order valence-corrected chi connectivity index (χ3v) is 4.03. The molecule has 1 aromatic rings. The zero-order valence-electron chi connectivity index (χ0n) is 12.9. The Bertz CT molecular complexity index is 477. The molecule has 3 atom stereocenters. The zero-order chi connectivity index (χ0) is 15.4. The van der Waals surface area contributed by atoms with Crippen LogP contribution >= 0.6 is 0 Å². The number of carbonyl (C=O) groups is 1. The first-order valence-electron chi connectivity index (χ1n) is 7.51. The number of nitrogens with one attached hydrogen (secondary N) is 1. The van der Waals surface area contributed by atoms with Gasteiger partial charge in [0.15, 0.2) is 5.82 Å². The molecule has 0 bridgehead atoms. The van der Waals surface area contributed by atoms with Crippen LogP contribution in [0.1, 0.15) is 50.4 Å². The largest absolute Gasteiger partial charge is 0.393 e. The highest BCUT2D eigenvalue weighted by Gasteiger charge is 2.28. The van der Waals surface area contributed by atoms with Crippen LogP contribution in [0.2, 0.25) is 0 Å². The lowest BCUT2D eigenvalue weighted by molar-refractivity contribution is 0.113.